The Morgan fingerprint density at radius 1 is 1.23 bits per heavy atom. The summed E-state index contributed by atoms with van der Waals surface area (Å²) in [6.07, 6.45) is 4.04. The molecule has 0 spiro atoms. The minimum atomic E-state index is -0.0590. The minimum Gasteiger partial charge on any atom is -0.326 e. The fourth-order valence-electron chi connectivity index (χ4n) is 2.08. The second-order valence-corrected chi connectivity index (χ2v) is 6.80. The summed E-state index contributed by atoms with van der Waals surface area (Å²) in [6, 6.07) is 11.8. The molecule has 0 aliphatic rings. The molecule has 6 heteroatoms. The van der Waals surface area contributed by atoms with Crippen LogP contribution in [0.3, 0.4) is 0 Å². The van der Waals surface area contributed by atoms with E-state index in [0.29, 0.717) is 0 Å². The molecule has 0 unspecified atom stereocenters. The van der Waals surface area contributed by atoms with Crippen LogP contribution in [0.25, 0.3) is 5.65 Å². The number of carbonyl (C=O) groups excluding carboxylic acids is 1. The second kappa shape index (κ2) is 6.54. The van der Waals surface area contributed by atoms with Crippen molar-refractivity contribution < 1.29 is 4.79 Å². The molecule has 22 heavy (non-hydrogen) atoms. The van der Waals surface area contributed by atoms with Crippen LogP contribution in [0.15, 0.2) is 58.2 Å². The van der Waals surface area contributed by atoms with Gasteiger partial charge in [-0.2, -0.15) is 0 Å². The number of thioether (sulfide) groups is 1. The molecule has 4 nitrogen and oxygen atoms in total. The van der Waals surface area contributed by atoms with E-state index in [-0.39, 0.29) is 5.91 Å². The predicted octanol–water partition coefficient (Wildman–Crippen LogP) is 4.35. The molecule has 3 aromatic rings. The number of pyridine rings is 1. The van der Waals surface area contributed by atoms with Crippen molar-refractivity contribution in [3.05, 3.63) is 59.0 Å². The lowest BCUT2D eigenvalue weighted by atomic mass is 10.3. The molecule has 0 saturated heterocycles. The quantitative estimate of drug-likeness (QED) is 0.689. The number of nitrogens with zero attached hydrogens (tertiary/aromatic N) is 2. The number of amides is 1. The Morgan fingerprint density at radius 2 is 2.00 bits per heavy atom. The van der Waals surface area contributed by atoms with Crippen molar-refractivity contribution in [2.24, 2.45) is 0 Å². The number of imidazole rings is 1. The predicted molar refractivity (Wildman–Crippen MR) is 93.2 cm³/mol. The lowest BCUT2D eigenvalue weighted by Gasteiger charge is -2.03. The van der Waals surface area contributed by atoms with Crippen molar-refractivity contribution in [2.75, 3.05) is 5.32 Å². The van der Waals surface area contributed by atoms with Gasteiger partial charge < -0.3 is 9.72 Å². The van der Waals surface area contributed by atoms with Crippen molar-refractivity contribution in [3.63, 3.8) is 0 Å². The van der Waals surface area contributed by atoms with Crippen molar-refractivity contribution in [2.45, 2.75) is 17.6 Å². The van der Waals surface area contributed by atoms with E-state index in [1.165, 1.54) is 6.92 Å². The molecule has 2 heterocycles. The maximum Gasteiger partial charge on any atom is 0.221 e. The highest BCUT2D eigenvalue weighted by molar-refractivity contribution is 9.10. The summed E-state index contributed by atoms with van der Waals surface area (Å²) >= 11 is 5.18. The van der Waals surface area contributed by atoms with Gasteiger partial charge in [-0.3, -0.25) is 4.79 Å². The van der Waals surface area contributed by atoms with Gasteiger partial charge in [0, 0.05) is 40.1 Å². The fraction of sp³-hybridized carbons (Fsp3) is 0.125. The minimum absolute atomic E-state index is 0.0590. The lowest BCUT2D eigenvalue weighted by molar-refractivity contribution is -0.114. The number of halogens is 1. The Morgan fingerprint density at radius 3 is 2.73 bits per heavy atom. The Labute approximate surface area is 141 Å². The number of hydrogen-bond donors (Lipinski definition) is 1. The Balaban J connectivity index is 1.67. The number of rotatable bonds is 4. The van der Waals surface area contributed by atoms with Gasteiger partial charge in [0.25, 0.3) is 0 Å². The van der Waals surface area contributed by atoms with Gasteiger partial charge in [0.2, 0.25) is 5.91 Å². The van der Waals surface area contributed by atoms with Gasteiger partial charge in [0.1, 0.15) is 5.65 Å². The first-order chi connectivity index (χ1) is 10.6. The van der Waals surface area contributed by atoms with Crippen LogP contribution in [0, 0.1) is 0 Å². The monoisotopic (exact) mass is 375 g/mol. The van der Waals surface area contributed by atoms with Crippen LogP contribution in [0.1, 0.15) is 12.6 Å². The summed E-state index contributed by atoms with van der Waals surface area (Å²) in [7, 11) is 0. The van der Waals surface area contributed by atoms with Crippen LogP contribution in [-0.2, 0) is 10.5 Å². The van der Waals surface area contributed by atoms with Crippen LogP contribution < -0.4 is 5.32 Å². The zero-order valence-corrected chi connectivity index (χ0v) is 14.3. The highest BCUT2D eigenvalue weighted by atomic mass is 79.9. The van der Waals surface area contributed by atoms with Crippen LogP contribution >= 0.6 is 27.7 Å². The van der Waals surface area contributed by atoms with Gasteiger partial charge in [0.15, 0.2) is 0 Å². The van der Waals surface area contributed by atoms with Crippen LogP contribution in [-0.4, -0.2) is 15.3 Å². The zero-order valence-electron chi connectivity index (χ0n) is 11.9. The largest absolute Gasteiger partial charge is 0.326 e. The van der Waals surface area contributed by atoms with Crippen LogP contribution in [0.2, 0.25) is 0 Å². The first-order valence-corrected chi connectivity index (χ1v) is 8.51. The van der Waals surface area contributed by atoms with Gasteiger partial charge in [0.05, 0.1) is 5.69 Å². The van der Waals surface area contributed by atoms with Gasteiger partial charge in [-0.25, -0.2) is 4.98 Å². The molecule has 1 amide bonds. The molecule has 0 aliphatic heterocycles. The highest BCUT2D eigenvalue weighted by Crippen LogP contribution is 2.24. The summed E-state index contributed by atoms with van der Waals surface area (Å²) < 4.78 is 3.05. The van der Waals surface area contributed by atoms with Crippen LogP contribution in [0.5, 0.6) is 0 Å². The van der Waals surface area contributed by atoms with Crippen molar-refractivity contribution in [1.82, 2.24) is 9.38 Å². The molecule has 2 aromatic heterocycles. The molecule has 0 saturated carbocycles. The number of carbonyl (C=O) groups is 1. The Bertz CT molecular complexity index is 814. The van der Waals surface area contributed by atoms with E-state index in [2.05, 4.69) is 26.2 Å². The average molecular weight is 376 g/mol. The normalized spacial score (nSPS) is 10.8. The number of hydrogen-bond acceptors (Lipinski definition) is 3. The standard InChI is InChI=1S/C16H14BrN3OS/c1-11(21)18-13-3-5-15(6-4-13)22-10-14-9-20-8-12(17)2-7-16(20)19-14/h2-9H,10H2,1H3,(H,18,21). The van der Waals surface area contributed by atoms with Crippen molar-refractivity contribution in [3.8, 4) is 0 Å². The molecule has 0 aliphatic carbocycles. The molecule has 0 fully saturated rings. The number of aromatic nitrogens is 2. The van der Waals surface area contributed by atoms with Crippen molar-refractivity contribution >= 4 is 44.9 Å². The summed E-state index contributed by atoms with van der Waals surface area (Å²) in [6.45, 7) is 1.50. The molecule has 0 atom stereocenters. The summed E-state index contributed by atoms with van der Waals surface area (Å²) in [5, 5.41) is 2.76. The van der Waals surface area contributed by atoms with Gasteiger partial charge in [-0.15, -0.1) is 11.8 Å². The number of anilines is 1. The number of fused-ring (bicyclic) bond motifs is 1. The van der Waals surface area contributed by atoms with E-state index >= 15 is 0 Å². The zero-order chi connectivity index (χ0) is 15.5. The third kappa shape index (κ3) is 3.69. The molecular formula is C16H14BrN3OS. The third-order valence-electron chi connectivity index (χ3n) is 3.03. The first kappa shape index (κ1) is 15.1. The summed E-state index contributed by atoms with van der Waals surface area (Å²) in [5.74, 6) is 0.745. The summed E-state index contributed by atoms with van der Waals surface area (Å²) in [5.41, 5.74) is 2.79. The second-order valence-electron chi connectivity index (χ2n) is 4.84. The first-order valence-electron chi connectivity index (χ1n) is 6.74. The Kier molecular flexibility index (Phi) is 4.49. The van der Waals surface area contributed by atoms with E-state index in [0.717, 1.165) is 32.1 Å². The number of benzene rings is 1. The van der Waals surface area contributed by atoms with Crippen LogP contribution in [0.4, 0.5) is 5.69 Å². The molecular weight excluding hydrogens is 362 g/mol. The highest BCUT2D eigenvalue weighted by Gasteiger charge is 2.03. The number of nitrogens with one attached hydrogen (secondary N) is 1. The molecule has 0 bridgehead atoms. The Hall–Kier alpha value is -1.79. The van der Waals surface area contributed by atoms with E-state index in [1.807, 2.05) is 53.2 Å². The fourth-order valence-corrected chi connectivity index (χ4v) is 3.22. The van der Waals surface area contributed by atoms with Gasteiger partial charge in [-0.05, 0) is 52.3 Å². The van der Waals surface area contributed by atoms with E-state index in [4.69, 9.17) is 0 Å². The smallest absolute Gasteiger partial charge is 0.221 e. The average Bonchev–Trinajstić information content (AvgIpc) is 2.88. The maximum atomic E-state index is 11.0. The molecule has 0 radical (unpaired) electrons. The van der Waals surface area contributed by atoms with Gasteiger partial charge in [-0.1, -0.05) is 0 Å². The molecule has 3 rings (SSSR count). The van der Waals surface area contributed by atoms with E-state index in [9.17, 15) is 4.79 Å². The van der Waals surface area contributed by atoms with E-state index in [1.54, 1.807) is 11.8 Å². The van der Waals surface area contributed by atoms with Crippen molar-refractivity contribution in [1.29, 1.82) is 0 Å². The molecule has 1 N–H and O–H groups in total. The van der Waals surface area contributed by atoms with E-state index < -0.39 is 0 Å². The topological polar surface area (TPSA) is 46.4 Å². The molecule has 112 valence electrons. The van der Waals surface area contributed by atoms with Gasteiger partial charge >= 0.3 is 0 Å². The third-order valence-corrected chi connectivity index (χ3v) is 4.54. The lowest BCUT2D eigenvalue weighted by Crippen LogP contribution is -2.05. The summed E-state index contributed by atoms with van der Waals surface area (Å²) in [4.78, 5) is 16.7. The SMILES string of the molecule is CC(=O)Nc1ccc(SCc2cn3cc(Br)ccc3n2)cc1. The maximum absolute atomic E-state index is 11.0. The molecule has 1 aromatic carbocycles.